The third kappa shape index (κ3) is 23.4. The number of amides is 4. The first-order valence-electron chi connectivity index (χ1n) is 48.1. The molecule has 14 N–H and O–H groups in total. The van der Waals surface area contributed by atoms with E-state index in [0.29, 0.717) is 95.9 Å². The minimum absolute atomic E-state index is 0.0176. The molecule has 8 fully saturated rings. The summed E-state index contributed by atoms with van der Waals surface area (Å²) in [7, 11) is 3.60. The molecule has 12 heterocycles. The highest BCUT2D eigenvalue weighted by molar-refractivity contribution is 6.01. The lowest BCUT2D eigenvalue weighted by molar-refractivity contribution is 0.0938. The molecule has 8 aromatic heterocycles. The van der Waals surface area contributed by atoms with Crippen LogP contribution in [0.1, 0.15) is 285 Å². The normalized spacial score (nSPS) is 20.1. The second-order valence-electron chi connectivity index (χ2n) is 37.9. The number of primary amides is 4. The van der Waals surface area contributed by atoms with Gasteiger partial charge in [-0.15, -0.1) is 20.4 Å². The van der Waals surface area contributed by atoms with E-state index in [0.717, 1.165) is 111 Å². The molecule has 0 unspecified atom stereocenters. The van der Waals surface area contributed by atoms with Gasteiger partial charge in [0.25, 0.3) is 23.6 Å². The van der Waals surface area contributed by atoms with Crippen molar-refractivity contribution in [3.63, 3.8) is 0 Å². The van der Waals surface area contributed by atoms with Crippen molar-refractivity contribution < 1.29 is 38.4 Å². The highest BCUT2D eigenvalue weighted by Gasteiger charge is 2.39. The van der Waals surface area contributed by atoms with Gasteiger partial charge >= 0.3 is 0 Å². The molecule has 8 aliphatic rings. The molecule has 20 rings (SSSR count). The molecule has 4 aromatic carbocycles. The average Bonchev–Trinajstić information content (AvgIpc) is 1.21. The summed E-state index contributed by atoms with van der Waals surface area (Å²) in [5.74, 6) is 4.72. The van der Waals surface area contributed by atoms with Crippen LogP contribution in [0.15, 0.2) is 171 Å². The van der Waals surface area contributed by atoms with Gasteiger partial charge in [-0.3, -0.25) is 47.7 Å². The highest BCUT2D eigenvalue weighted by Crippen LogP contribution is 2.45. The molecule has 8 atom stereocenters. The van der Waals surface area contributed by atoms with Crippen molar-refractivity contribution >= 4 is 116 Å². The van der Waals surface area contributed by atoms with Gasteiger partial charge in [0, 0.05) is 150 Å². The number of piperidine rings is 4. The number of ketones is 4. The fraction of sp³-hybridized carbons (Fsp3) is 0.412. The van der Waals surface area contributed by atoms with Crippen LogP contribution in [-0.4, -0.2) is 177 Å². The van der Waals surface area contributed by atoms with Crippen LogP contribution in [0.25, 0.3) is 0 Å². The Morgan fingerprint density at radius 2 is 0.609 bits per heavy atom. The number of hydrogen-bond donors (Lipinski definition) is 10. The largest absolute Gasteiger partial charge is 0.366 e. The summed E-state index contributed by atoms with van der Waals surface area (Å²) in [4.78, 5) is 141. The number of benzene rings is 4. The summed E-state index contributed by atoms with van der Waals surface area (Å²) < 4.78 is 3.28. The van der Waals surface area contributed by atoms with Crippen molar-refractivity contribution in [2.24, 2.45) is 60.7 Å². The van der Waals surface area contributed by atoms with E-state index in [1.165, 1.54) is 73.6 Å². The van der Waals surface area contributed by atoms with Crippen molar-refractivity contribution in [3.8, 4) is 0 Å². The average molecular weight is 1870 g/mol. The summed E-state index contributed by atoms with van der Waals surface area (Å²) in [6.45, 7) is 11.6. The second kappa shape index (κ2) is 42.5. The Morgan fingerprint density at radius 1 is 0.333 bits per heavy atom. The summed E-state index contributed by atoms with van der Waals surface area (Å²) in [6, 6.07) is 36.5. The molecular weight excluding hydrogens is 1750 g/mol. The molecule has 4 aliphatic heterocycles. The molecule has 36 heteroatoms. The Bertz CT molecular complexity index is 5950. The fourth-order valence-corrected chi connectivity index (χ4v) is 19.3. The van der Waals surface area contributed by atoms with Crippen molar-refractivity contribution in [1.82, 2.24) is 79.8 Å². The Labute approximate surface area is 800 Å². The predicted octanol–water partition coefficient (Wildman–Crippen LogP) is 15.2. The van der Waals surface area contributed by atoms with Crippen molar-refractivity contribution in [3.05, 3.63) is 238 Å². The number of aromatic amines is 2. The zero-order chi connectivity index (χ0) is 96.4. The lowest BCUT2D eigenvalue weighted by Crippen LogP contribution is -2.45. The van der Waals surface area contributed by atoms with Crippen molar-refractivity contribution in [1.29, 1.82) is 0 Å². The number of nitrogens with zero attached hydrogens (tertiary/aromatic N) is 18. The van der Waals surface area contributed by atoms with E-state index in [-0.39, 0.29) is 105 Å². The first-order valence-corrected chi connectivity index (χ1v) is 48.1. The van der Waals surface area contributed by atoms with Gasteiger partial charge in [-0.2, -0.15) is 20.2 Å². The molecule has 0 spiro atoms. The van der Waals surface area contributed by atoms with Crippen molar-refractivity contribution in [2.75, 3.05) is 67.0 Å². The van der Waals surface area contributed by atoms with Crippen LogP contribution in [0.2, 0.25) is 0 Å². The molecule has 0 radical (unpaired) electrons. The number of H-pyrrole nitrogens is 2. The quantitative estimate of drug-likeness (QED) is 0.0175. The van der Waals surface area contributed by atoms with Crippen LogP contribution in [0, 0.1) is 23.7 Å². The summed E-state index contributed by atoms with van der Waals surface area (Å²) >= 11 is 0. The number of aryl methyl sites for hydroxylation is 2. The monoisotopic (exact) mass is 1860 g/mol. The molecule has 12 aromatic rings. The number of Topliss-reactive ketones (excluding diaryl/α,β-unsaturated/α-hetero) is 4. The molecule has 4 saturated carbocycles. The van der Waals surface area contributed by atoms with Crippen LogP contribution in [0.5, 0.6) is 0 Å². The van der Waals surface area contributed by atoms with E-state index >= 15 is 0 Å². The van der Waals surface area contributed by atoms with E-state index in [1.807, 2.05) is 60.7 Å². The van der Waals surface area contributed by atoms with Crippen molar-refractivity contribution in [2.45, 2.75) is 204 Å². The summed E-state index contributed by atoms with van der Waals surface area (Å²) in [5.41, 5.74) is 33.4. The standard InChI is InChI=1S/C26H31N7O2.C26H30N6O2.C25H30N8O2.C25H29N7O2/c1-16-20(12-22(34)19-9-7-18(8-10-19)17-5-6-17)4-3-11-33(16)23-14-28-24(25(27)35)26(31-23)30-21-13-29-32(2)15-21;1-16-20(13-22(33)19-8-6-18(7-9-19)17-4-5-17)3-2-12-32(16)23-15-29-24(25(27)34)26(31-23)30-21-10-11-28-14-21;1-15-19(12-21(34)18-9-7-17(8-10-18)16-5-6-16)4-3-11-33(15)25-29-24(22(23(26)35)30-31-25)28-20-13-27-32(2)14-20;1-15-19(13-21(33)18-8-6-17(7-9-18)16-4-5-16)3-2-12-32(15)25-29-24(22(23(26)34)30-31-25)28-20-10-11-27-14-20/h7-10,13-17,20H,3-6,11-12H2,1-2H3,(H2,27,35)(H,30,31);6-11,14-17,20,28H,2-5,12-13H2,1H3,(H2,27,34)(H,30,31);7-10,13-16,19H,3-6,11-12H2,1-2H3,(H2,26,35)(H,28,29,31);6-11,14-16,19,27H,2-5,12-13H2,1H3,(H2,26,34)(H,28,29,31)/t2*16-,20+;2*15-,19+/m1111/s1. The van der Waals surface area contributed by atoms with Crippen LogP contribution >= 0.6 is 0 Å². The van der Waals surface area contributed by atoms with E-state index < -0.39 is 23.6 Å². The minimum Gasteiger partial charge on any atom is -0.366 e. The molecule has 4 saturated heterocycles. The van der Waals surface area contributed by atoms with Gasteiger partial charge in [0.2, 0.25) is 11.9 Å². The van der Waals surface area contributed by atoms with E-state index in [1.54, 1.807) is 85.4 Å². The predicted molar refractivity (Wildman–Crippen MR) is 527 cm³/mol. The zero-order valence-corrected chi connectivity index (χ0v) is 78.7. The number of carbonyl (C=O) groups excluding carboxylic acids is 8. The first kappa shape index (κ1) is 94.8. The number of rotatable bonds is 32. The van der Waals surface area contributed by atoms with Crippen LogP contribution in [0.3, 0.4) is 0 Å². The number of anilines is 12. The Kier molecular flexibility index (Phi) is 29.2. The maximum Gasteiger partial charge on any atom is 0.273 e. The summed E-state index contributed by atoms with van der Waals surface area (Å²) in [6.07, 6.45) is 36.6. The topological polar surface area (TPSA) is 498 Å². The maximum absolute atomic E-state index is 13.1. The Balaban J connectivity index is 0.000000127. The molecule has 4 amide bonds. The lowest BCUT2D eigenvalue weighted by atomic mass is 9.85. The molecular formula is C102H120N28O8. The molecule has 4 aliphatic carbocycles. The number of hydrogen-bond acceptors (Lipinski definition) is 28. The van der Waals surface area contributed by atoms with Gasteiger partial charge in [-0.1, -0.05) is 97.1 Å². The van der Waals surface area contributed by atoms with E-state index in [2.05, 4.69) is 178 Å². The summed E-state index contributed by atoms with van der Waals surface area (Å²) in [5, 5.41) is 37.2. The van der Waals surface area contributed by atoms with Gasteiger partial charge in [0.15, 0.2) is 69.2 Å². The van der Waals surface area contributed by atoms with E-state index in [4.69, 9.17) is 32.9 Å². The smallest absolute Gasteiger partial charge is 0.273 e. The van der Waals surface area contributed by atoms with Gasteiger partial charge in [0.1, 0.15) is 11.6 Å². The number of nitrogens with one attached hydrogen (secondary N) is 6. The van der Waals surface area contributed by atoms with Crippen LogP contribution in [-0.2, 0) is 14.1 Å². The van der Waals surface area contributed by atoms with E-state index in [9.17, 15) is 38.4 Å². The zero-order valence-electron chi connectivity index (χ0n) is 78.7. The third-order valence-corrected chi connectivity index (χ3v) is 28.1. The first-order chi connectivity index (χ1) is 66.8. The Morgan fingerprint density at radius 3 is 0.870 bits per heavy atom. The van der Waals surface area contributed by atoms with Gasteiger partial charge in [0.05, 0.1) is 47.5 Å². The minimum atomic E-state index is -0.717. The molecule has 36 nitrogen and oxygen atoms in total. The highest BCUT2D eigenvalue weighted by atomic mass is 16.2. The van der Waals surface area contributed by atoms with Gasteiger partial charge in [-0.05, 0) is 212 Å². The number of aromatic nitrogens is 16. The molecule has 138 heavy (non-hydrogen) atoms. The lowest BCUT2D eigenvalue weighted by Gasteiger charge is -2.40. The number of nitrogens with two attached hydrogens (primary N) is 4. The van der Waals surface area contributed by atoms with Crippen LogP contribution < -0.4 is 63.8 Å². The maximum atomic E-state index is 13.1. The van der Waals surface area contributed by atoms with Crippen LogP contribution in [0.4, 0.5) is 69.6 Å². The SMILES string of the molecule is C[C@@H]1[C@H](CC(=O)c2ccc(C3CC3)cc2)CCCN1c1cnc(C(N)=O)c(Nc2cc[nH]c2)n1.C[C@@H]1[C@H](CC(=O)c2ccc(C3CC3)cc2)CCCN1c1cnc(C(N)=O)c(Nc2cnn(C)c2)n1.C[C@@H]1[C@H](CC(=O)c2ccc(C3CC3)cc2)CCCN1c1nnc(C(N)=O)c(Nc2cc[nH]c2)n1.C[C@@H]1[C@H](CC(=O)c2ccc(C3CC3)cc2)CCCN1c1nnc(C(N)=O)c(Nc2cnn(C)c2)n1. The third-order valence-electron chi connectivity index (χ3n) is 28.1. The number of carbonyl (C=O) groups is 8. The molecule has 0 bridgehead atoms. The fourth-order valence-electron chi connectivity index (χ4n) is 19.3. The molecule has 716 valence electrons. The second-order valence-corrected chi connectivity index (χ2v) is 37.9. The Hall–Kier alpha value is -15.0. The van der Waals surface area contributed by atoms with Gasteiger partial charge in [-0.25, -0.2) is 19.9 Å². The van der Waals surface area contributed by atoms with Gasteiger partial charge < -0.3 is 73.8 Å².